The number of benzene rings is 1. The van der Waals surface area contributed by atoms with E-state index in [4.69, 9.17) is 9.47 Å². The lowest BCUT2D eigenvalue weighted by molar-refractivity contribution is 0.263. The van der Waals surface area contributed by atoms with E-state index in [1.165, 1.54) is 0 Å². The summed E-state index contributed by atoms with van der Waals surface area (Å²) in [6.45, 7) is 12.0. The second kappa shape index (κ2) is 8.90. The van der Waals surface area contributed by atoms with Crippen molar-refractivity contribution >= 4 is 0 Å². The normalized spacial score (nSPS) is 14.0. The maximum absolute atomic E-state index is 5.48. The van der Waals surface area contributed by atoms with Crippen molar-refractivity contribution in [2.75, 3.05) is 33.9 Å². The van der Waals surface area contributed by atoms with Crippen molar-refractivity contribution in [1.82, 2.24) is 10.2 Å². The molecule has 0 saturated carbocycles. The topological polar surface area (TPSA) is 33.7 Å². The van der Waals surface area contributed by atoms with Crippen LogP contribution in [-0.4, -0.2) is 44.8 Å². The molecule has 0 aliphatic heterocycles. The molecule has 0 aliphatic rings. The Labute approximate surface area is 129 Å². The molecular formula is C17H30N2O2. The average molecular weight is 294 g/mol. The van der Waals surface area contributed by atoms with Gasteiger partial charge in [-0.15, -0.1) is 0 Å². The highest BCUT2D eigenvalue weighted by molar-refractivity contribution is 5.42. The van der Waals surface area contributed by atoms with Gasteiger partial charge in [-0.2, -0.15) is 0 Å². The van der Waals surface area contributed by atoms with Gasteiger partial charge in [0.25, 0.3) is 0 Å². The Morgan fingerprint density at radius 3 is 2.29 bits per heavy atom. The number of hydrogen-bond donors (Lipinski definition) is 1. The predicted octanol–water partition coefficient (Wildman–Crippen LogP) is 3.08. The molecule has 1 aromatic carbocycles. The van der Waals surface area contributed by atoms with Crippen molar-refractivity contribution in [1.29, 1.82) is 0 Å². The van der Waals surface area contributed by atoms with Crippen LogP contribution in [0, 0.1) is 0 Å². The standard InChI is InChI=1S/C17H30N2O2/c1-7-19(8-2)12-13(3)18-14(4)16-10-9-15(20-5)11-17(16)21-6/h9-11,13-14,18H,7-8,12H2,1-6H3. The summed E-state index contributed by atoms with van der Waals surface area (Å²) in [4.78, 5) is 2.43. The zero-order chi connectivity index (χ0) is 15.8. The fourth-order valence-electron chi connectivity index (χ4n) is 2.61. The lowest BCUT2D eigenvalue weighted by Crippen LogP contribution is -2.40. The lowest BCUT2D eigenvalue weighted by atomic mass is 10.1. The molecule has 2 atom stereocenters. The highest BCUT2D eigenvalue weighted by Gasteiger charge is 2.15. The Balaban J connectivity index is 2.72. The zero-order valence-corrected chi connectivity index (χ0v) is 14.3. The van der Waals surface area contributed by atoms with Crippen LogP contribution < -0.4 is 14.8 Å². The fourth-order valence-corrected chi connectivity index (χ4v) is 2.61. The first-order valence-electron chi connectivity index (χ1n) is 7.75. The van der Waals surface area contributed by atoms with Crippen molar-refractivity contribution in [2.45, 2.75) is 39.8 Å². The number of rotatable bonds is 9. The number of methoxy groups -OCH3 is 2. The Bertz CT molecular complexity index is 419. The van der Waals surface area contributed by atoms with Crippen LogP contribution in [0.15, 0.2) is 18.2 Å². The van der Waals surface area contributed by atoms with E-state index in [1.54, 1.807) is 14.2 Å². The predicted molar refractivity (Wildman–Crippen MR) is 88.3 cm³/mol. The molecule has 4 heteroatoms. The first-order chi connectivity index (χ1) is 10.0. The Kier molecular flexibility index (Phi) is 7.54. The molecule has 0 spiro atoms. The molecule has 0 heterocycles. The Morgan fingerprint density at radius 1 is 1.10 bits per heavy atom. The molecule has 0 aliphatic carbocycles. The van der Waals surface area contributed by atoms with Gasteiger partial charge in [-0.05, 0) is 33.0 Å². The summed E-state index contributed by atoms with van der Waals surface area (Å²) < 4.78 is 10.7. The van der Waals surface area contributed by atoms with Crippen LogP contribution in [0.1, 0.15) is 39.3 Å². The fraction of sp³-hybridized carbons (Fsp3) is 0.647. The summed E-state index contributed by atoms with van der Waals surface area (Å²) in [5.41, 5.74) is 1.16. The second-order valence-corrected chi connectivity index (χ2v) is 5.38. The lowest BCUT2D eigenvalue weighted by Gasteiger charge is -2.27. The average Bonchev–Trinajstić information content (AvgIpc) is 2.51. The van der Waals surface area contributed by atoms with E-state index >= 15 is 0 Å². The van der Waals surface area contributed by atoms with Crippen LogP contribution in [0.25, 0.3) is 0 Å². The number of ether oxygens (including phenoxy) is 2. The van der Waals surface area contributed by atoms with Crippen LogP contribution in [0.3, 0.4) is 0 Å². The van der Waals surface area contributed by atoms with Gasteiger partial charge in [0.1, 0.15) is 11.5 Å². The minimum Gasteiger partial charge on any atom is -0.497 e. The molecule has 4 nitrogen and oxygen atoms in total. The maximum Gasteiger partial charge on any atom is 0.127 e. The van der Waals surface area contributed by atoms with Crippen molar-refractivity contribution in [3.8, 4) is 11.5 Å². The molecular weight excluding hydrogens is 264 g/mol. The quantitative estimate of drug-likeness (QED) is 0.759. The maximum atomic E-state index is 5.48. The molecule has 0 radical (unpaired) electrons. The Morgan fingerprint density at radius 2 is 1.76 bits per heavy atom. The first kappa shape index (κ1) is 17.8. The van der Waals surface area contributed by atoms with E-state index in [1.807, 2.05) is 12.1 Å². The van der Waals surface area contributed by atoms with Crippen molar-refractivity contribution in [3.63, 3.8) is 0 Å². The molecule has 0 saturated heterocycles. The van der Waals surface area contributed by atoms with Crippen LogP contribution in [-0.2, 0) is 0 Å². The van der Waals surface area contributed by atoms with E-state index in [0.29, 0.717) is 6.04 Å². The third-order valence-electron chi connectivity index (χ3n) is 3.87. The summed E-state index contributed by atoms with van der Waals surface area (Å²) in [5, 5.41) is 3.64. The van der Waals surface area contributed by atoms with Gasteiger partial charge in [0.05, 0.1) is 14.2 Å². The summed E-state index contributed by atoms with van der Waals surface area (Å²) >= 11 is 0. The molecule has 0 fully saturated rings. The van der Waals surface area contributed by atoms with E-state index in [9.17, 15) is 0 Å². The van der Waals surface area contributed by atoms with Crippen LogP contribution in [0.4, 0.5) is 0 Å². The van der Waals surface area contributed by atoms with Crippen LogP contribution >= 0.6 is 0 Å². The smallest absolute Gasteiger partial charge is 0.127 e. The summed E-state index contributed by atoms with van der Waals surface area (Å²) in [5.74, 6) is 1.68. The molecule has 0 aromatic heterocycles. The number of likely N-dealkylation sites (N-methyl/N-ethyl adjacent to an activating group) is 1. The summed E-state index contributed by atoms with van der Waals surface area (Å²) in [6.07, 6.45) is 0. The molecule has 1 rings (SSSR count). The van der Waals surface area contributed by atoms with E-state index in [-0.39, 0.29) is 6.04 Å². The van der Waals surface area contributed by atoms with Crippen LogP contribution in [0.5, 0.6) is 11.5 Å². The van der Waals surface area contributed by atoms with Gasteiger partial charge in [-0.25, -0.2) is 0 Å². The van der Waals surface area contributed by atoms with Gasteiger partial charge >= 0.3 is 0 Å². The second-order valence-electron chi connectivity index (χ2n) is 5.38. The largest absolute Gasteiger partial charge is 0.497 e. The highest BCUT2D eigenvalue weighted by atomic mass is 16.5. The third kappa shape index (κ3) is 5.21. The highest BCUT2D eigenvalue weighted by Crippen LogP contribution is 2.29. The van der Waals surface area contributed by atoms with Crippen molar-refractivity contribution < 1.29 is 9.47 Å². The van der Waals surface area contributed by atoms with Gasteiger partial charge in [-0.1, -0.05) is 19.9 Å². The third-order valence-corrected chi connectivity index (χ3v) is 3.87. The number of nitrogens with one attached hydrogen (secondary N) is 1. The van der Waals surface area contributed by atoms with Crippen molar-refractivity contribution in [3.05, 3.63) is 23.8 Å². The zero-order valence-electron chi connectivity index (χ0n) is 14.3. The van der Waals surface area contributed by atoms with Crippen molar-refractivity contribution in [2.24, 2.45) is 0 Å². The van der Waals surface area contributed by atoms with Gasteiger partial charge in [0.2, 0.25) is 0 Å². The number of hydrogen-bond acceptors (Lipinski definition) is 4. The van der Waals surface area contributed by atoms with Gasteiger partial charge < -0.3 is 19.7 Å². The first-order valence-corrected chi connectivity index (χ1v) is 7.75. The van der Waals surface area contributed by atoms with Crippen LogP contribution in [0.2, 0.25) is 0 Å². The molecule has 1 aromatic rings. The molecule has 0 amide bonds. The SMILES string of the molecule is CCN(CC)CC(C)NC(C)c1ccc(OC)cc1OC. The van der Waals surface area contributed by atoms with E-state index < -0.39 is 0 Å². The molecule has 21 heavy (non-hydrogen) atoms. The number of nitrogens with zero attached hydrogens (tertiary/aromatic N) is 1. The molecule has 1 N–H and O–H groups in total. The molecule has 2 unspecified atom stereocenters. The summed E-state index contributed by atoms with van der Waals surface area (Å²) in [7, 11) is 3.37. The van der Waals surface area contributed by atoms with Gasteiger partial charge in [0.15, 0.2) is 0 Å². The minimum atomic E-state index is 0.233. The summed E-state index contributed by atoms with van der Waals surface area (Å²) in [6, 6.07) is 6.63. The van der Waals surface area contributed by atoms with Gasteiger partial charge in [-0.3, -0.25) is 0 Å². The Hall–Kier alpha value is -1.26. The molecule has 120 valence electrons. The minimum absolute atomic E-state index is 0.233. The monoisotopic (exact) mass is 294 g/mol. The molecule has 0 bridgehead atoms. The van der Waals surface area contributed by atoms with E-state index in [0.717, 1.165) is 36.7 Å². The van der Waals surface area contributed by atoms with Gasteiger partial charge in [0, 0.05) is 30.3 Å². The van der Waals surface area contributed by atoms with E-state index in [2.05, 4.69) is 44.0 Å².